The molecule has 0 saturated heterocycles. The molecule has 0 fully saturated rings. The molecule has 2 atom stereocenters. The lowest BCUT2D eigenvalue weighted by atomic mass is 9.99. The molecule has 0 unspecified atom stereocenters. The molecule has 20 heavy (non-hydrogen) atoms. The standard InChI is InChI=1S/C15H22N2O3/c1-4-10(3)13(14(18)19)17-15(20)16-12-8-6-11(5-2)7-9-12/h6-10,13H,4-5H2,1-3H3,(H,18,19)(H2,16,17,20)/t10-,13-/m0/s1. The van der Waals surface area contributed by atoms with E-state index in [0.717, 1.165) is 6.42 Å². The monoisotopic (exact) mass is 278 g/mol. The number of aliphatic carboxylic acids is 1. The topological polar surface area (TPSA) is 78.4 Å². The van der Waals surface area contributed by atoms with E-state index in [1.165, 1.54) is 5.56 Å². The van der Waals surface area contributed by atoms with Gasteiger partial charge in [0.2, 0.25) is 0 Å². The lowest BCUT2D eigenvalue weighted by Gasteiger charge is -2.20. The fourth-order valence-electron chi connectivity index (χ4n) is 1.82. The number of hydrogen-bond donors (Lipinski definition) is 3. The van der Waals surface area contributed by atoms with Crippen LogP contribution in [0.4, 0.5) is 10.5 Å². The summed E-state index contributed by atoms with van der Waals surface area (Å²) in [6.07, 6.45) is 1.62. The van der Waals surface area contributed by atoms with Gasteiger partial charge in [-0.2, -0.15) is 0 Å². The first-order valence-corrected chi connectivity index (χ1v) is 6.87. The van der Waals surface area contributed by atoms with Gasteiger partial charge in [-0.05, 0) is 30.0 Å². The molecule has 110 valence electrons. The van der Waals surface area contributed by atoms with E-state index < -0.39 is 18.0 Å². The van der Waals surface area contributed by atoms with Crippen molar-refractivity contribution < 1.29 is 14.7 Å². The molecule has 5 heteroatoms. The number of carboxylic acids is 1. The van der Waals surface area contributed by atoms with Crippen LogP contribution in [0.5, 0.6) is 0 Å². The molecule has 2 amide bonds. The van der Waals surface area contributed by atoms with Gasteiger partial charge in [-0.25, -0.2) is 9.59 Å². The summed E-state index contributed by atoms with van der Waals surface area (Å²) in [5.74, 6) is -1.14. The van der Waals surface area contributed by atoms with Gasteiger partial charge in [-0.3, -0.25) is 0 Å². The van der Waals surface area contributed by atoms with E-state index in [4.69, 9.17) is 5.11 Å². The summed E-state index contributed by atoms with van der Waals surface area (Å²) in [7, 11) is 0. The van der Waals surface area contributed by atoms with Crippen LogP contribution in [0.15, 0.2) is 24.3 Å². The zero-order valence-electron chi connectivity index (χ0n) is 12.1. The van der Waals surface area contributed by atoms with E-state index in [9.17, 15) is 9.59 Å². The van der Waals surface area contributed by atoms with Crippen molar-refractivity contribution in [3.05, 3.63) is 29.8 Å². The summed E-state index contributed by atoms with van der Waals surface area (Å²) in [4.78, 5) is 22.9. The van der Waals surface area contributed by atoms with Crippen molar-refractivity contribution >= 4 is 17.7 Å². The number of urea groups is 1. The van der Waals surface area contributed by atoms with Crippen LogP contribution in [0.3, 0.4) is 0 Å². The number of rotatable bonds is 6. The third-order valence-corrected chi connectivity index (χ3v) is 3.39. The van der Waals surface area contributed by atoms with Crippen molar-refractivity contribution in [2.75, 3.05) is 5.32 Å². The van der Waals surface area contributed by atoms with Gasteiger partial charge >= 0.3 is 12.0 Å². The Morgan fingerprint density at radius 3 is 2.25 bits per heavy atom. The summed E-state index contributed by atoms with van der Waals surface area (Å²) in [5, 5.41) is 14.3. The molecule has 1 aromatic rings. The highest BCUT2D eigenvalue weighted by atomic mass is 16.4. The molecular weight excluding hydrogens is 256 g/mol. The fraction of sp³-hybridized carbons (Fsp3) is 0.467. The van der Waals surface area contributed by atoms with Crippen LogP contribution in [0.25, 0.3) is 0 Å². The molecule has 3 N–H and O–H groups in total. The summed E-state index contributed by atoms with van der Waals surface area (Å²) < 4.78 is 0. The lowest BCUT2D eigenvalue weighted by Crippen LogP contribution is -2.46. The van der Waals surface area contributed by atoms with Crippen LogP contribution in [0, 0.1) is 5.92 Å². The summed E-state index contributed by atoms with van der Waals surface area (Å²) >= 11 is 0. The molecule has 0 aliphatic carbocycles. The Morgan fingerprint density at radius 1 is 1.20 bits per heavy atom. The minimum atomic E-state index is -1.02. The number of amides is 2. The van der Waals surface area contributed by atoms with Crippen molar-refractivity contribution in [2.45, 2.75) is 39.7 Å². The van der Waals surface area contributed by atoms with E-state index in [1.807, 2.05) is 19.1 Å². The van der Waals surface area contributed by atoms with Gasteiger partial charge in [0.15, 0.2) is 0 Å². The second-order valence-corrected chi connectivity index (χ2v) is 4.85. The predicted molar refractivity (Wildman–Crippen MR) is 78.9 cm³/mol. The van der Waals surface area contributed by atoms with E-state index in [2.05, 4.69) is 17.6 Å². The van der Waals surface area contributed by atoms with Crippen molar-refractivity contribution in [3.63, 3.8) is 0 Å². The van der Waals surface area contributed by atoms with E-state index in [1.54, 1.807) is 19.1 Å². The Kier molecular flexibility index (Phi) is 6.03. The number of nitrogens with one attached hydrogen (secondary N) is 2. The van der Waals surface area contributed by atoms with Crippen LogP contribution in [0.2, 0.25) is 0 Å². The first kappa shape index (κ1) is 16.0. The SMILES string of the molecule is CCc1ccc(NC(=O)N[C@H](C(=O)O)[C@@H](C)CC)cc1. The second-order valence-electron chi connectivity index (χ2n) is 4.85. The maximum Gasteiger partial charge on any atom is 0.326 e. The minimum absolute atomic E-state index is 0.124. The largest absolute Gasteiger partial charge is 0.480 e. The van der Waals surface area contributed by atoms with Gasteiger partial charge in [0.1, 0.15) is 6.04 Å². The van der Waals surface area contributed by atoms with Crippen molar-refractivity contribution in [2.24, 2.45) is 5.92 Å². The van der Waals surface area contributed by atoms with Gasteiger partial charge in [-0.15, -0.1) is 0 Å². The average molecular weight is 278 g/mol. The van der Waals surface area contributed by atoms with Crippen LogP contribution < -0.4 is 10.6 Å². The average Bonchev–Trinajstić information content (AvgIpc) is 2.44. The van der Waals surface area contributed by atoms with Gasteiger partial charge in [0, 0.05) is 5.69 Å². The summed E-state index contributed by atoms with van der Waals surface area (Å²) in [5.41, 5.74) is 1.83. The molecule has 0 aliphatic rings. The quantitative estimate of drug-likeness (QED) is 0.748. The van der Waals surface area contributed by atoms with Crippen LogP contribution in [-0.4, -0.2) is 23.1 Å². The maximum absolute atomic E-state index is 11.8. The van der Waals surface area contributed by atoms with Gasteiger partial charge < -0.3 is 15.7 Å². The number of carboxylic acid groups (broad SMARTS) is 1. The van der Waals surface area contributed by atoms with Gasteiger partial charge in [0.25, 0.3) is 0 Å². The fourth-order valence-corrected chi connectivity index (χ4v) is 1.82. The molecule has 0 radical (unpaired) electrons. The molecular formula is C15H22N2O3. The van der Waals surface area contributed by atoms with E-state index in [0.29, 0.717) is 12.1 Å². The molecule has 0 aliphatic heterocycles. The molecule has 0 bridgehead atoms. The first-order chi connectivity index (χ1) is 9.47. The Balaban J connectivity index is 2.63. The number of anilines is 1. The third kappa shape index (κ3) is 4.57. The van der Waals surface area contributed by atoms with E-state index in [-0.39, 0.29) is 5.92 Å². The number of aryl methyl sites for hydroxylation is 1. The van der Waals surface area contributed by atoms with E-state index >= 15 is 0 Å². The van der Waals surface area contributed by atoms with Gasteiger partial charge in [-0.1, -0.05) is 39.3 Å². The van der Waals surface area contributed by atoms with Crippen molar-refractivity contribution in [1.82, 2.24) is 5.32 Å². The highest BCUT2D eigenvalue weighted by Crippen LogP contribution is 2.11. The predicted octanol–water partition coefficient (Wildman–Crippen LogP) is 2.87. The molecule has 5 nitrogen and oxygen atoms in total. The Hall–Kier alpha value is -2.04. The Bertz CT molecular complexity index is 457. The Labute approximate surface area is 119 Å². The zero-order chi connectivity index (χ0) is 15.1. The number of carbonyl (C=O) groups is 2. The van der Waals surface area contributed by atoms with Crippen molar-refractivity contribution in [1.29, 1.82) is 0 Å². The zero-order valence-corrected chi connectivity index (χ0v) is 12.1. The van der Waals surface area contributed by atoms with Crippen LogP contribution in [0.1, 0.15) is 32.8 Å². The molecule has 0 heterocycles. The summed E-state index contributed by atoms with van der Waals surface area (Å²) in [6, 6.07) is 6.09. The molecule has 1 aromatic carbocycles. The molecule has 1 rings (SSSR count). The number of benzene rings is 1. The number of hydrogen-bond acceptors (Lipinski definition) is 2. The highest BCUT2D eigenvalue weighted by molar-refractivity contribution is 5.92. The Morgan fingerprint density at radius 2 is 1.80 bits per heavy atom. The molecule has 0 saturated carbocycles. The van der Waals surface area contributed by atoms with Crippen molar-refractivity contribution in [3.8, 4) is 0 Å². The molecule has 0 aromatic heterocycles. The lowest BCUT2D eigenvalue weighted by molar-refractivity contribution is -0.140. The third-order valence-electron chi connectivity index (χ3n) is 3.39. The van der Waals surface area contributed by atoms with Crippen LogP contribution in [-0.2, 0) is 11.2 Å². The highest BCUT2D eigenvalue weighted by Gasteiger charge is 2.25. The first-order valence-electron chi connectivity index (χ1n) is 6.87. The smallest absolute Gasteiger partial charge is 0.326 e. The second kappa shape index (κ2) is 7.53. The molecule has 0 spiro atoms. The van der Waals surface area contributed by atoms with Gasteiger partial charge in [0.05, 0.1) is 0 Å². The van der Waals surface area contributed by atoms with Crippen LogP contribution >= 0.6 is 0 Å². The minimum Gasteiger partial charge on any atom is -0.480 e. The number of carbonyl (C=O) groups excluding carboxylic acids is 1. The summed E-state index contributed by atoms with van der Waals surface area (Å²) in [6.45, 7) is 5.75. The normalized spacial score (nSPS) is 13.3. The maximum atomic E-state index is 11.8.